The van der Waals surface area contributed by atoms with E-state index >= 15 is 0 Å². The Balaban J connectivity index is 2.14. The summed E-state index contributed by atoms with van der Waals surface area (Å²) in [6, 6.07) is 3.24. The standard InChI is InChI=1S/C16H23ClN2O4/c1-10-11(17)5-6-12(18-10)16(22)7-8-19(9-13(16)20)14(21)23-15(2,3)4/h5-6,13,20,22H,7-9H2,1-4H3/t13-,16-/m0/s1. The maximum atomic E-state index is 12.1. The van der Waals surface area contributed by atoms with Crippen LogP contribution in [-0.4, -0.2) is 51.0 Å². The first-order valence-electron chi connectivity index (χ1n) is 7.55. The Morgan fingerprint density at radius 3 is 2.65 bits per heavy atom. The van der Waals surface area contributed by atoms with Gasteiger partial charge in [-0.2, -0.15) is 0 Å². The molecule has 1 aliphatic heterocycles. The number of β-amino-alcohol motifs (C(OH)–C–C–N with tert-alkyl or cyclic N) is 1. The van der Waals surface area contributed by atoms with Gasteiger partial charge in [0.05, 0.1) is 23.0 Å². The first-order chi connectivity index (χ1) is 10.5. The van der Waals surface area contributed by atoms with Crippen molar-refractivity contribution >= 4 is 17.7 Å². The summed E-state index contributed by atoms with van der Waals surface area (Å²) in [5.41, 5.74) is -1.17. The van der Waals surface area contributed by atoms with Crippen molar-refractivity contribution < 1.29 is 19.7 Å². The molecule has 0 aliphatic carbocycles. The van der Waals surface area contributed by atoms with E-state index in [1.807, 2.05) is 0 Å². The lowest BCUT2D eigenvalue weighted by Crippen LogP contribution is -2.56. The third-order valence-corrected chi connectivity index (χ3v) is 4.22. The highest BCUT2D eigenvalue weighted by Crippen LogP contribution is 2.33. The molecule has 0 aromatic carbocycles. The van der Waals surface area contributed by atoms with Crippen molar-refractivity contribution in [1.82, 2.24) is 9.88 Å². The Bertz CT molecular complexity index is 602. The molecule has 0 bridgehead atoms. The topological polar surface area (TPSA) is 82.9 Å². The summed E-state index contributed by atoms with van der Waals surface area (Å²) in [7, 11) is 0. The number of rotatable bonds is 1. The quantitative estimate of drug-likeness (QED) is 0.817. The molecule has 2 rings (SSSR count). The fourth-order valence-electron chi connectivity index (χ4n) is 2.50. The van der Waals surface area contributed by atoms with Gasteiger partial charge < -0.3 is 19.8 Å². The second-order valence-electron chi connectivity index (χ2n) is 6.88. The van der Waals surface area contributed by atoms with E-state index in [1.165, 1.54) is 4.90 Å². The van der Waals surface area contributed by atoms with Gasteiger partial charge in [0.25, 0.3) is 0 Å². The van der Waals surface area contributed by atoms with Crippen LogP contribution >= 0.6 is 11.6 Å². The minimum Gasteiger partial charge on any atom is -0.444 e. The highest BCUT2D eigenvalue weighted by molar-refractivity contribution is 6.31. The summed E-state index contributed by atoms with van der Waals surface area (Å²) in [5.74, 6) is 0. The van der Waals surface area contributed by atoms with Crippen molar-refractivity contribution in [3.05, 3.63) is 28.5 Å². The number of ether oxygens (including phenoxy) is 1. The molecule has 1 fully saturated rings. The average Bonchev–Trinajstić information content (AvgIpc) is 2.43. The molecule has 23 heavy (non-hydrogen) atoms. The van der Waals surface area contributed by atoms with Crippen LogP contribution in [0.3, 0.4) is 0 Å². The smallest absolute Gasteiger partial charge is 0.410 e. The van der Waals surface area contributed by atoms with E-state index in [1.54, 1.807) is 39.8 Å². The van der Waals surface area contributed by atoms with Gasteiger partial charge >= 0.3 is 6.09 Å². The van der Waals surface area contributed by atoms with Crippen LogP contribution in [-0.2, 0) is 10.3 Å². The molecule has 0 spiro atoms. The van der Waals surface area contributed by atoms with Gasteiger partial charge in [-0.3, -0.25) is 4.98 Å². The van der Waals surface area contributed by atoms with E-state index in [0.29, 0.717) is 16.4 Å². The lowest BCUT2D eigenvalue weighted by atomic mass is 9.85. The zero-order chi connectivity index (χ0) is 17.4. The number of piperidine rings is 1. The van der Waals surface area contributed by atoms with E-state index < -0.39 is 23.4 Å². The molecular weight excluding hydrogens is 320 g/mol. The zero-order valence-electron chi connectivity index (χ0n) is 13.8. The van der Waals surface area contributed by atoms with Crippen LogP contribution in [0, 0.1) is 6.92 Å². The summed E-state index contributed by atoms with van der Waals surface area (Å²) in [6.07, 6.45) is -1.49. The largest absolute Gasteiger partial charge is 0.444 e. The van der Waals surface area contributed by atoms with Gasteiger partial charge in [-0.25, -0.2) is 4.79 Å². The van der Waals surface area contributed by atoms with Crippen LogP contribution < -0.4 is 0 Å². The Kier molecular flexibility index (Phi) is 4.89. The maximum Gasteiger partial charge on any atom is 0.410 e. The minimum absolute atomic E-state index is 0.0191. The van der Waals surface area contributed by atoms with Gasteiger partial charge in [0.1, 0.15) is 17.3 Å². The molecule has 128 valence electrons. The second kappa shape index (κ2) is 6.26. The highest BCUT2D eigenvalue weighted by atomic mass is 35.5. The van der Waals surface area contributed by atoms with Crippen LogP contribution in [0.1, 0.15) is 38.6 Å². The van der Waals surface area contributed by atoms with E-state index in [2.05, 4.69) is 4.98 Å². The molecule has 2 N–H and O–H groups in total. The number of halogens is 1. The lowest BCUT2D eigenvalue weighted by molar-refractivity contribution is -0.125. The van der Waals surface area contributed by atoms with Gasteiger partial charge in [0.15, 0.2) is 0 Å². The SMILES string of the molecule is Cc1nc([C@@]2(O)CCN(C(=O)OC(C)(C)C)C[C@@H]2O)ccc1Cl. The number of carbonyl (C=O) groups excluding carboxylic acids is 1. The second-order valence-corrected chi connectivity index (χ2v) is 7.29. The predicted molar refractivity (Wildman–Crippen MR) is 86.3 cm³/mol. The number of hydrogen-bond donors (Lipinski definition) is 2. The van der Waals surface area contributed by atoms with Crippen molar-refractivity contribution in [3.8, 4) is 0 Å². The van der Waals surface area contributed by atoms with E-state index in [-0.39, 0.29) is 19.5 Å². The van der Waals surface area contributed by atoms with Gasteiger partial charge in [-0.15, -0.1) is 0 Å². The summed E-state index contributed by atoms with van der Waals surface area (Å²) < 4.78 is 5.30. The van der Waals surface area contributed by atoms with Crippen molar-refractivity contribution in [2.75, 3.05) is 13.1 Å². The van der Waals surface area contributed by atoms with Crippen LogP contribution in [0.15, 0.2) is 12.1 Å². The van der Waals surface area contributed by atoms with Gasteiger partial charge in [-0.1, -0.05) is 11.6 Å². The number of aryl methyl sites for hydroxylation is 1. The maximum absolute atomic E-state index is 12.1. The zero-order valence-corrected chi connectivity index (χ0v) is 14.6. The lowest BCUT2D eigenvalue weighted by Gasteiger charge is -2.41. The Morgan fingerprint density at radius 1 is 1.48 bits per heavy atom. The molecule has 7 heteroatoms. The molecule has 1 saturated heterocycles. The fourth-order valence-corrected chi connectivity index (χ4v) is 2.60. The van der Waals surface area contributed by atoms with Crippen LogP contribution in [0.25, 0.3) is 0 Å². The fraction of sp³-hybridized carbons (Fsp3) is 0.625. The number of likely N-dealkylation sites (tertiary alicyclic amines) is 1. The number of amides is 1. The molecule has 2 atom stereocenters. The van der Waals surface area contributed by atoms with E-state index in [4.69, 9.17) is 16.3 Å². The normalized spacial score (nSPS) is 25.3. The van der Waals surface area contributed by atoms with Crippen LogP contribution in [0.5, 0.6) is 0 Å². The van der Waals surface area contributed by atoms with Crippen molar-refractivity contribution in [2.24, 2.45) is 0 Å². The molecule has 1 aliphatic rings. The number of aliphatic hydroxyl groups excluding tert-OH is 1. The summed E-state index contributed by atoms with van der Waals surface area (Å²) in [4.78, 5) is 17.8. The molecule has 1 aromatic heterocycles. The van der Waals surface area contributed by atoms with Crippen molar-refractivity contribution in [2.45, 2.75) is 51.4 Å². The number of nitrogens with zero attached hydrogens (tertiary/aromatic N) is 2. The average molecular weight is 343 g/mol. The molecule has 6 nitrogen and oxygen atoms in total. The van der Waals surface area contributed by atoms with E-state index in [9.17, 15) is 15.0 Å². The number of aliphatic hydroxyl groups is 2. The number of hydrogen-bond acceptors (Lipinski definition) is 5. The molecule has 1 amide bonds. The van der Waals surface area contributed by atoms with Crippen molar-refractivity contribution in [1.29, 1.82) is 0 Å². The number of aromatic nitrogens is 1. The summed E-state index contributed by atoms with van der Waals surface area (Å²) in [5, 5.41) is 21.7. The molecule has 2 heterocycles. The molecule has 0 radical (unpaired) electrons. The number of pyridine rings is 1. The van der Waals surface area contributed by atoms with Crippen LogP contribution in [0.2, 0.25) is 5.02 Å². The monoisotopic (exact) mass is 342 g/mol. The molecular formula is C16H23ClN2O4. The Hall–Kier alpha value is -1.37. The molecule has 0 unspecified atom stereocenters. The van der Waals surface area contributed by atoms with Gasteiger partial charge in [-0.05, 0) is 39.8 Å². The summed E-state index contributed by atoms with van der Waals surface area (Å²) >= 11 is 5.95. The van der Waals surface area contributed by atoms with Crippen molar-refractivity contribution in [3.63, 3.8) is 0 Å². The Labute approximate surface area is 141 Å². The van der Waals surface area contributed by atoms with Crippen LogP contribution in [0.4, 0.5) is 4.79 Å². The minimum atomic E-state index is -1.51. The highest BCUT2D eigenvalue weighted by Gasteiger charge is 2.45. The number of carbonyl (C=O) groups is 1. The molecule has 0 saturated carbocycles. The summed E-state index contributed by atoms with van der Waals surface area (Å²) in [6.45, 7) is 7.32. The first-order valence-corrected chi connectivity index (χ1v) is 7.93. The Morgan fingerprint density at radius 2 is 2.13 bits per heavy atom. The third-order valence-electron chi connectivity index (χ3n) is 3.82. The third kappa shape index (κ3) is 3.94. The molecule has 1 aromatic rings. The van der Waals surface area contributed by atoms with Gasteiger partial charge in [0.2, 0.25) is 0 Å². The van der Waals surface area contributed by atoms with E-state index in [0.717, 1.165) is 0 Å². The first kappa shape index (κ1) is 18.0. The predicted octanol–water partition coefficient (Wildman–Crippen LogP) is 2.23. The van der Waals surface area contributed by atoms with Gasteiger partial charge in [0, 0.05) is 13.0 Å².